The summed E-state index contributed by atoms with van der Waals surface area (Å²) in [6.07, 6.45) is 3.77. The van der Waals surface area contributed by atoms with E-state index in [-0.39, 0.29) is 5.25 Å². The van der Waals surface area contributed by atoms with Crippen molar-refractivity contribution in [3.05, 3.63) is 71.3 Å². The molecule has 0 saturated heterocycles. The van der Waals surface area contributed by atoms with E-state index in [1.165, 1.54) is 10.5 Å². The minimum absolute atomic E-state index is 0.0796. The van der Waals surface area contributed by atoms with Crippen molar-refractivity contribution in [1.29, 1.82) is 0 Å². The Morgan fingerprint density at radius 3 is 2.58 bits per heavy atom. The number of benzene rings is 2. The van der Waals surface area contributed by atoms with Crippen molar-refractivity contribution in [2.24, 2.45) is 0 Å². The van der Waals surface area contributed by atoms with Gasteiger partial charge in [-0.15, -0.1) is 11.8 Å². The normalized spacial score (nSPS) is 21.2. The highest BCUT2D eigenvalue weighted by atomic mass is 32.2. The lowest BCUT2D eigenvalue weighted by Gasteiger charge is -2.25. The zero-order valence-electron chi connectivity index (χ0n) is 10.8. The Bertz CT molecular complexity index is 618. The number of aliphatic hydroxyl groups excluding tert-OH is 1. The molecule has 2 aromatic rings. The van der Waals surface area contributed by atoms with E-state index in [1.54, 1.807) is 11.8 Å². The minimum Gasteiger partial charge on any atom is -0.387 e. The number of rotatable bonds is 2. The predicted molar refractivity (Wildman–Crippen MR) is 81.3 cm³/mol. The lowest BCUT2D eigenvalue weighted by molar-refractivity contribution is 0.185. The third-order valence-corrected chi connectivity index (χ3v) is 4.85. The summed E-state index contributed by atoms with van der Waals surface area (Å²) in [7, 11) is 0. The van der Waals surface area contributed by atoms with E-state index in [9.17, 15) is 5.11 Å². The fourth-order valence-electron chi connectivity index (χ4n) is 2.35. The van der Waals surface area contributed by atoms with Crippen molar-refractivity contribution in [3.8, 4) is 0 Å². The Morgan fingerprint density at radius 1 is 1.00 bits per heavy atom. The van der Waals surface area contributed by atoms with Crippen LogP contribution in [-0.4, -0.2) is 10.4 Å². The molecule has 1 aliphatic carbocycles. The summed E-state index contributed by atoms with van der Waals surface area (Å²) in [6.45, 7) is 2.11. The monoisotopic (exact) mass is 268 g/mol. The summed E-state index contributed by atoms with van der Waals surface area (Å²) in [5.41, 5.74) is 3.40. The number of thioether (sulfide) groups is 1. The number of hydrogen-bond donors (Lipinski definition) is 1. The first-order chi connectivity index (χ1) is 9.25. The van der Waals surface area contributed by atoms with E-state index in [4.69, 9.17) is 0 Å². The van der Waals surface area contributed by atoms with Crippen molar-refractivity contribution in [2.45, 2.75) is 23.2 Å². The Morgan fingerprint density at radius 2 is 1.74 bits per heavy atom. The fourth-order valence-corrected chi connectivity index (χ4v) is 3.49. The second-order valence-electron chi connectivity index (χ2n) is 4.78. The number of hydrogen-bond acceptors (Lipinski definition) is 2. The van der Waals surface area contributed by atoms with Crippen molar-refractivity contribution >= 4 is 17.8 Å². The zero-order valence-corrected chi connectivity index (χ0v) is 11.6. The zero-order chi connectivity index (χ0) is 13.2. The van der Waals surface area contributed by atoms with E-state index >= 15 is 0 Å². The van der Waals surface area contributed by atoms with Crippen LogP contribution in [0.2, 0.25) is 0 Å². The second kappa shape index (κ2) is 5.24. The van der Waals surface area contributed by atoms with Crippen LogP contribution >= 0.6 is 11.8 Å². The molecule has 0 saturated carbocycles. The number of fused-ring (bicyclic) bond motifs is 1. The van der Waals surface area contributed by atoms with Gasteiger partial charge in [0.25, 0.3) is 0 Å². The molecule has 1 aliphatic rings. The fraction of sp³-hybridized carbons (Fsp3) is 0.176. The van der Waals surface area contributed by atoms with Gasteiger partial charge in [0.05, 0.1) is 11.4 Å². The Hall–Kier alpha value is -1.51. The first-order valence-corrected chi connectivity index (χ1v) is 7.31. The van der Waals surface area contributed by atoms with E-state index in [2.05, 4.69) is 31.2 Å². The Labute approximate surface area is 118 Å². The summed E-state index contributed by atoms with van der Waals surface area (Å²) >= 11 is 1.73. The van der Waals surface area contributed by atoms with Crippen LogP contribution in [-0.2, 0) is 0 Å². The molecule has 1 nitrogen and oxygen atoms in total. The molecular weight excluding hydrogens is 252 g/mol. The van der Waals surface area contributed by atoms with Crippen LogP contribution < -0.4 is 0 Å². The van der Waals surface area contributed by atoms with Gasteiger partial charge >= 0.3 is 0 Å². The highest BCUT2D eigenvalue weighted by molar-refractivity contribution is 8.00. The molecule has 0 fully saturated rings. The van der Waals surface area contributed by atoms with Crippen molar-refractivity contribution in [1.82, 2.24) is 0 Å². The quantitative estimate of drug-likeness (QED) is 0.880. The molecule has 2 aromatic carbocycles. The van der Waals surface area contributed by atoms with Crippen LogP contribution in [0.5, 0.6) is 0 Å². The molecule has 0 spiro atoms. The molecule has 0 heterocycles. The number of aliphatic hydroxyl groups is 1. The van der Waals surface area contributed by atoms with Gasteiger partial charge in [0.1, 0.15) is 0 Å². The predicted octanol–water partition coefficient (Wildman–Crippen LogP) is 4.22. The Kier molecular flexibility index (Phi) is 3.45. The summed E-state index contributed by atoms with van der Waals surface area (Å²) in [6, 6.07) is 16.3. The molecule has 0 unspecified atom stereocenters. The van der Waals surface area contributed by atoms with Gasteiger partial charge < -0.3 is 5.11 Å². The van der Waals surface area contributed by atoms with Crippen molar-refractivity contribution < 1.29 is 5.11 Å². The van der Waals surface area contributed by atoms with Gasteiger partial charge in [-0.05, 0) is 29.7 Å². The van der Waals surface area contributed by atoms with Gasteiger partial charge in [0.2, 0.25) is 0 Å². The molecule has 1 N–H and O–H groups in total. The molecule has 2 heteroatoms. The molecule has 0 bridgehead atoms. The number of aryl methyl sites for hydroxylation is 1. The van der Waals surface area contributed by atoms with Gasteiger partial charge in [-0.1, -0.05) is 54.6 Å². The molecule has 0 aromatic heterocycles. The van der Waals surface area contributed by atoms with E-state index in [1.807, 2.05) is 36.4 Å². The van der Waals surface area contributed by atoms with Gasteiger partial charge in [-0.25, -0.2) is 0 Å². The summed E-state index contributed by atoms with van der Waals surface area (Å²) in [5.74, 6) is 0. The SMILES string of the molecule is Cc1ccccc1S[C@@H]1C=Cc2ccccc2[C@H]1O. The third-order valence-electron chi connectivity index (χ3n) is 3.45. The summed E-state index contributed by atoms with van der Waals surface area (Å²) < 4.78 is 0. The third kappa shape index (κ3) is 2.46. The smallest absolute Gasteiger partial charge is 0.0952 e. The maximum absolute atomic E-state index is 10.5. The van der Waals surface area contributed by atoms with E-state index in [0.29, 0.717) is 0 Å². The highest BCUT2D eigenvalue weighted by Gasteiger charge is 2.24. The maximum atomic E-state index is 10.5. The topological polar surface area (TPSA) is 20.2 Å². The van der Waals surface area contributed by atoms with E-state index < -0.39 is 6.10 Å². The molecule has 2 atom stereocenters. The lowest BCUT2D eigenvalue weighted by atomic mass is 9.95. The lowest BCUT2D eigenvalue weighted by Crippen LogP contribution is -2.17. The van der Waals surface area contributed by atoms with Crippen LogP contribution in [0.4, 0.5) is 0 Å². The van der Waals surface area contributed by atoms with Crippen LogP contribution in [0.25, 0.3) is 6.08 Å². The van der Waals surface area contributed by atoms with Crippen LogP contribution in [0.1, 0.15) is 22.8 Å². The van der Waals surface area contributed by atoms with Crippen molar-refractivity contribution in [3.63, 3.8) is 0 Å². The minimum atomic E-state index is -0.439. The molecule has 0 amide bonds. The van der Waals surface area contributed by atoms with E-state index in [0.717, 1.165) is 11.1 Å². The van der Waals surface area contributed by atoms with Crippen molar-refractivity contribution in [2.75, 3.05) is 0 Å². The summed E-state index contributed by atoms with van der Waals surface area (Å²) in [4.78, 5) is 1.23. The van der Waals surface area contributed by atoms with Gasteiger partial charge in [0, 0.05) is 4.90 Å². The first kappa shape index (κ1) is 12.5. The highest BCUT2D eigenvalue weighted by Crippen LogP contribution is 2.38. The maximum Gasteiger partial charge on any atom is 0.0952 e. The average Bonchev–Trinajstić information content (AvgIpc) is 2.44. The van der Waals surface area contributed by atoms with Gasteiger partial charge in [0.15, 0.2) is 0 Å². The molecular formula is C17H16OS. The second-order valence-corrected chi connectivity index (χ2v) is 6.00. The summed E-state index contributed by atoms with van der Waals surface area (Å²) in [5, 5.41) is 10.6. The van der Waals surface area contributed by atoms with Gasteiger partial charge in [-0.2, -0.15) is 0 Å². The van der Waals surface area contributed by atoms with Crippen LogP contribution in [0, 0.1) is 6.92 Å². The molecule has 19 heavy (non-hydrogen) atoms. The molecule has 0 radical (unpaired) electrons. The molecule has 0 aliphatic heterocycles. The standard InChI is InChI=1S/C17H16OS/c1-12-6-2-5-9-15(12)19-16-11-10-13-7-3-4-8-14(13)17(16)18/h2-11,16-18H,1H3/t16-,17-/m1/s1. The molecule has 96 valence electrons. The largest absolute Gasteiger partial charge is 0.387 e. The van der Waals surface area contributed by atoms with Crippen LogP contribution in [0.15, 0.2) is 59.5 Å². The Balaban J connectivity index is 1.87. The average molecular weight is 268 g/mol. The molecule has 3 rings (SSSR count). The van der Waals surface area contributed by atoms with Crippen LogP contribution in [0.3, 0.4) is 0 Å². The van der Waals surface area contributed by atoms with Gasteiger partial charge in [-0.3, -0.25) is 0 Å². The first-order valence-electron chi connectivity index (χ1n) is 6.43.